The van der Waals surface area contributed by atoms with E-state index in [1.165, 1.54) is 12.7 Å². The molecule has 0 spiro atoms. The smallest absolute Gasteiger partial charge is 0.266 e. The summed E-state index contributed by atoms with van der Waals surface area (Å²) in [6.07, 6.45) is 1.55. The second-order valence-corrected chi connectivity index (χ2v) is 7.28. The van der Waals surface area contributed by atoms with Gasteiger partial charge in [-0.15, -0.1) is 0 Å². The number of benzene rings is 2. The molecule has 2 rings (SSSR count). The number of nitrogens with zero attached hydrogens (tertiary/aromatic N) is 1. The molecule has 0 unspecified atom stereocenters. The van der Waals surface area contributed by atoms with Gasteiger partial charge in [0.1, 0.15) is 17.4 Å². The van der Waals surface area contributed by atoms with Gasteiger partial charge >= 0.3 is 0 Å². The summed E-state index contributed by atoms with van der Waals surface area (Å²) in [4.78, 5) is 12.5. The van der Waals surface area contributed by atoms with Gasteiger partial charge in [-0.25, -0.2) is 0 Å². The van der Waals surface area contributed by atoms with E-state index in [0.717, 1.165) is 5.56 Å². The number of nitrogens with one attached hydrogen (secondary N) is 1. The molecule has 0 bridgehead atoms. The van der Waals surface area contributed by atoms with Gasteiger partial charge in [0.15, 0.2) is 0 Å². The lowest BCUT2D eigenvalue weighted by Crippen LogP contribution is -2.14. The Hall–Kier alpha value is -2.77. The quantitative estimate of drug-likeness (QED) is 0.596. The van der Waals surface area contributed by atoms with Crippen LogP contribution in [0, 0.1) is 11.3 Å². The summed E-state index contributed by atoms with van der Waals surface area (Å²) in [5.41, 5.74) is 2.41. The maximum Gasteiger partial charge on any atom is 0.266 e. The maximum atomic E-state index is 12.5. The Balaban J connectivity index is 2.25. The van der Waals surface area contributed by atoms with Crippen LogP contribution in [0.5, 0.6) is 5.75 Å². The number of halogens is 1. The Kier molecular flexibility index (Phi) is 6.07. The number of amides is 1. The number of rotatable bonds is 4. The van der Waals surface area contributed by atoms with Crippen molar-refractivity contribution in [3.63, 3.8) is 0 Å². The summed E-state index contributed by atoms with van der Waals surface area (Å²) in [6.45, 7) is 6.39. The zero-order chi connectivity index (χ0) is 19.3. The fourth-order valence-electron chi connectivity index (χ4n) is 2.36. The minimum Gasteiger partial charge on any atom is -0.495 e. The average molecular weight is 369 g/mol. The molecule has 0 aliphatic carbocycles. The molecule has 0 saturated carbocycles. The van der Waals surface area contributed by atoms with E-state index in [9.17, 15) is 10.1 Å². The van der Waals surface area contributed by atoms with Crippen molar-refractivity contribution in [2.45, 2.75) is 26.2 Å². The summed E-state index contributed by atoms with van der Waals surface area (Å²) in [6, 6.07) is 14.6. The minimum absolute atomic E-state index is 0.00413. The predicted molar refractivity (Wildman–Crippen MR) is 105 cm³/mol. The van der Waals surface area contributed by atoms with Crippen molar-refractivity contribution in [3.8, 4) is 11.8 Å². The van der Waals surface area contributed by atoms with Gasteiger partial charge in [0.05, 0.1) is 12.8 Å². The molecule has 0 saturated heterocycles. The topological polar surface area (TPSA) is 62.1 Å². The lowest BCUT2D eigenvalue weighted by molar-refractivity contribution is -0.112. The zero-order valence-corrected chi connectivity index (χ0v) is 16.0. The van der Waals surface area contributed by atoms with Crippen LogP contribution in [0.25, 0.3) is 6.08 Å². The highest BCUT2D eigenvalue weighted by Gasteiger charge is 2.15. The van der Waals surface area contributed by atoms with Gasteiger partial charge < -0.3 is 10.1 Å². The molecule has 0 aliphatic heterocycles. The van der Waals surface area contributed by atoms with Crippen LogP contribution in [0.15, 0.2) is 48.0 Å². The van der Waals surface area contributed by atoms with Crippen molar-refractivity contribution in [2.24, 2.45) is 0 Å². The lowest BCUT2D eigenvalue weighted by atomic mass is 9.86. The SMILES string of the molecule is COc1ccc(Cl)cc1NC(=O)C(C#N)=Cc1ccc(C(C)(C)C)cc1. The van der Waals surface area contributed by atoms with Crippen LogP contribution >= 0.6 is 11.6 Å². The third kappa shape index (κ3) is 4.87. The Morgan fingerprint density at radius 1 is 1.19 bits per heavy atom. The van der Waals surface area contributed by atoms with E-state index in [2.05, 4.69) is 26.1 Å². The molecule has 4 nitrogen and oxygen atoms in total. The van der Waals surface area contributed by atoms with Gasteiger partial charge in [-0.2, -0.15) is 5.26 Å². The molecule has 0 radical (unpaired) electrons. The third-order valence-corrected chi connectivity index (χ3v) is 4.10. The summed E-state index contributed by atoms with van der Waals surface area (Å²) in [5, 5.41) is 12.5. The first kappa shape index (κ1) is 19.6. The number of anilines is 1. The number of carbonyl (C=O) groups excluding carboxylic acids is 1. The van der Waals surface area contributed by atoms with Crippen molar-refractivity contribution in [1.82, 2.24) is 0 Å². The van der Waals surface area contributed by atoms with Crippen LogP contribution in [0.2, 0.25) is 5.02 Å². The highest BCUT2D eigenvalue weighted by molar-refractivity contribution is 6.31. The van der Waals surface area contributed by atoms with Crippen LogP contribution in [0.4, 0.5) is 5.69 Å². The van der Waals surface area contributed by atoms with Crippen molar-refractivity contribution in [3.05, 3.63) is 64.2 Å². The van der Waals surface area contributed by atoms with E-state index >= 15 is 0 Å². The first-order chi connectivity index (χ1) is 12.2. The first-order valence-corrected chi connectivity index (χ1v) is 8.49. The lowest BCUT2D eigenvalue weighted by Gasteiger charge is -2.18. The Bertz CT molecular complexity index is 872. The molecule has 2 aromatic carbocycles. The van der Waals surface area contributed by atoms with Crippen LogP contribution in [0.1, 0.15) is 31.9 Å². The van der Waals surface area contributed by atoms with Crippen molar-refractivity contribution >= 4 is 29.3 Å². The molecule has 5 heteroatoms. The molecule has 0 fully saturated rings. The second kappa shape index (κ2) is 8.07. The van der Waals surface area contributed by atoms with Gasteiger partial charge in [0.25, 0.3) is 5.91 Å². The summed E-state index contributed by atoms with van der Waals surface area (Å²) < 4.78 is 5.20. The number of hydrogen-bond acceptors (Lipinski definition) is 3. The van der Waals surface area contributed by atoms with Crippen LogP contribution in [-0.2, 0) is 10.2 Å². The summed E-state index contributed by atoms with van der Waals surface area (Å²) >= 11 is 5.97. The van der Waals surface area contributed by atoms with E-state index < -0.39 is 5.91 Å². The van der Waals surface area contributed by atoms with Crippen LogP contribution < -0.4 is 10.1 Å². The van der Waals surface area contributed by atoms with Crippen LogP contribution in [0.3, 0.4) is 0 Å². The van der Waals surface area contributed by atoms with Crippen molar-refractivity contribution in [2.75, 3.05) is 12.4 Å². The molecule has 0 aliphatic rings. The molecule has 0 atom stereocenters. The van der Waals surface area contributed by atoms with E-state index in [0.29, 0.717) is 16.5 Å². The molecule has 26 heavy (non-hydrogen) atoms. The number of ether oxygens (including phenoxy) is 1. The van der Waals surface area contributed by atoms with E-state index in [1.807, 2.05) is 30.3 Å². The molecular formula is C21H21ClN2O2. The van der Waals surface area contributed by atoms with Gasteiger partial charge in [-0.3, -0.25) is 4.79 Å². The fraction of sp³-hybridized carbons (Fsp3) is 0.238. The standard InChI is InChI=1S/C21H21ClN2O2/c1-21(2,3)16-7-5-14(6-8-16)11-15(13-23)20(25)24-18-12-17(22)9-10-19(18)26-4/h5-12H,1-4H3,(H,24,25). The van der Waals surface area contributed by atoms with Crippen molar-refractivity contribution in [1.29, 1.82) is 5.26 Å². The second-order valence-electron chi connectivity index (χ2n) is 6.84. The number of nitriles is 1. The first-order valence-electron chi connectivity index (χ1n) is 8.12. The monoisotopic (exact) mass is 368 g/mol. The number of methoxy groups -OCH3 is 1. The minimum atomic E-state index is -0.520. The van der Waals surface area contributed by atoms with Crippen LogP contribution in [-0.4, -0.2) is 13.0 Å². The number of carbonyl (C=O) groups is 1. The fourth-order valence-corrected chi connectivity index (χ4v) is 2.53. The van der Waals surface area contributed by atoms with Crippen molar-refractivity contribution < 1.29 is 9.53 Å². The van der Waals surface area contributed by atoms with Gasteiger partial charge in [-0.1, -0.05) is 56.6 Å². The van der Waals surface area contributed by atoms with E-state index in [4.69, 9.17) is 16.3 Å². The molecule has 1 N–H and O–H groups in total. The Morgan fingerprint density at radius 2 is 1.85 bits per heavy atom. The summed E-state index contributed by atoms with van der Waals surface area (Å²) in [7, 11) is 1.50. The highest BCUT2D eigenvalue weighted by atomic mass is 35.5. The third-order valence-electron chi connectivity index (χ3n) is 3.86. The zero-order valence-electron chi connectivity index (χ0n) is 15.3. The molecule has 0 aromatic heterocycles. The Labute approximate surface area is 159 Å². The van der Waals surface area contributed by atoms with Gasteiger partial charge in [-0.05, 0) is 40.8 Å². The average Bonchev–Trinajstić information content (AvgIpc) is 2.59. The normalized spacial score (nSPS) is 11.6. The molecule has 2 aromatic rings. The molecule has 1 amide bonds. The molecule has 0 heterocycles. The van der Waals surface area contributed by atoms with E-state index in [-0.39, 0.29) is 11.0 Å². The number of hydrogen-bond donors (Lipinski definition) is 1. The Morgan fingerprint density at radius 3 is 2.38 bits per heavy atom. The maximum absolute atomic E-state index is 12.5. The summed E-state index contributed by atoms with van der Waals surface area (Å²) in [5.74, 6) is -0.0532. The highest BCUT2D eigenvalue weighted by Crippen LogP contribution is 2.28. The van der Waals surface area contributed by atoms with Gasteiger partial charge in [0.2, 0.25) is 0 Å². The molecule has 134 valence electrons. The largest absolute Gasteiger partial charge is 0.495 e. The van der Waals surface area contributed by atoms with E-state index in [1.54, 1.807) is 24.3 Å². The molecular weight excluding hydrogens is 348 g/mol. The van der Waals surface area contributed by atoms with Gasteiger partial charge in [0, 0.05) is 5.02 Å². The predicted octanol–water partition coefficient (Wildman–Crippen LogP) is 5.19.